The van der Waals surface area contributed by atoms with Gasteiger partial charge in [0, 0.05) is 24.9 Å². The van der Waals surface area contributed by atoms with Crippen LogP contribution in [0, 0.1) is 0 Å². The Morgan fingerprint density at radius 3 is 2.61 bits per heavy atom. The molecule has 0 aliphatic heterocycles. The van der Waals surface area contributed by atoms with Crippen LogP contribution in [0.15, 0.2) is 30.9 Å². The zero-order valence-electron chi connectivity index (χ0n) is 10.7. The molecule has 96 valence electrons. The number of pyridine rings is 1. The maximum absolute atomic E-state index is 10.1. The minimum absolute atomic E-state index is 0.260. The summed E-state index contributed by atoms with van der Waals surface area (Å²) in [4.78, 5) is 8.16. The Hall–Kier alpha value is -1.75. The quantitative estimate of drug-likeness (QED) is 0.866. The highest BCUT2D eigenvalue weighted by atomic mass is 16.3. The zero-order valence-corrected chi connectivity index (χ0v) is 10.7. The Kier molecular flexibility index (Phi) is 4.04. The van der Waals surface area contributed by atoms with Gasteiger partial charge in [-0.2, -0.15) is 5.10 Å². The standard InChI is InChI=1S/C13H18N4O/c1-10(2)17-13(15-9-16-17)8-12(18)7-11-3-5-14-6-4-11/h3-6,9-10,12,18H,7-8H2,1-2H3. The second kappa shape index (κ2) is 5.73. The van der Waals surface area contributed by atoms with E-state index >= 15 is 0 Å². The van der Waals surface area contributed by atoms with Crippen molar-refractivity contribution >= 4 is 0 Å². The van der Waals surface area contributed by atoms with Crippen molar-refractivity contribution in [1.82, 2.24) is 19.7 Å². The average molecular weight is 246 g/mol. The first-order valence-corrected chi connectivity index (χ1v) is 6.12. The van der Waals surface area contributed by atoms with Gasteiger partial charge < -0.3 is 5.11 Å². The van der Waals surface area contributed by atoms with Crippen molar-refractivity contribution in [2.24, 2.45) is 0 Å². The van der Waals surface area contributed by atoms with E-state index < -0.39 is 6.10 Å². The predicted octanol–water partition coefficient (Wildman–Crippen LogP) is 1.40. The molecule has 0 fully saturated rings. The molecule has 1 atom stereocenters. The summed E-state index contributed by atoms with van der Waals surface area (Å²) < 4.78 is 1.84. The molecule has 0 aromatic carbocycles. The van der Waals surface area contributed by atoms with Crippen molar-refractivity contribution in [1.29, 1.82) is 0 Å². The van der Waals surface area contributed by atoms with E-state index in [-0.39, 0.29) is 6.04 Å². The van der Waals surface area contributed by atoms with E-state index in [2.05, 4.69) is 15.1 Å². The third-order valence-electron chi connectivity index (χ3n) is 2.78. The van der Waals surface area contributed by atoms with Crippen molar-refractivity contribution in [2.45, 2.75) is 38.8 Å². The molecule has 2 aromatic rings. The Morgan fingerprint density at radius 1 is 1.22 bits per heavy atom. The lowest BCUT2D eigenvalue weighted by Gasteiger charge is -2.13. The van der Waals surface area contributed by atoms with Crippen LogP contribution in [0.2, 0.25) is 0 Å². The lowest BCUT2D eigenvalue weighted by atomic mass is 10.1. The number of nitrogens with zero attached hydrogens (tertiary/aromatic N) is 4. The summed E-state index contributed by atoms with van der Waals surface area (Å²) in [5.41, 5.74) is 1.08. The minimum atomic E-state index is -0.450. The third-order valence-corrected chi connectivity index (χ3v) is 2.78. The molecule has 0 amide bonds. The number of aliphatic hydroxyl groups excluding tert-OH is 1. The van der Waals surface area contributed by atoms with E-state index in [1.807, 2.05) is 30.7 Å². The fourth-order valence-electron chi connectivity index (χ4n) is 1.93. The van der Waals surface area contributed by atoms with Gasteiger partial charge in [-0.15, -0.1) is 0 Å². The van der Waals surface area contributed by atoms with Crippen molar-refractivity contribution in [3.05, 3.63) is 42.2 Å². The van der Waals surface area contributed by atoms with Crippen molar-refractivity contribution in [3.63, 3.8) is 0 Å². The van der Waals surface area contributed by atoms with Crippen LogP contribution in [-0.2, 0) is 12.8 Å². The molecule has 0 spiro atoms. The molecule has 0 saturated heterocycles. The summed E-state index contributed by atoms with van der Waals surface area (Å²) >= 11 is 0. The molecule has 0 radical (unpaired) electrons. The molecule has 1 unspecified atom stereocenters. The van der Waals surface area contributed by atoms with E-state index in [0.29, 0.717) is 12.8 Å². The average Bonchev–Trinajstić information content (AvgIpc) is 2.78. The van der Waals surface area contributed by atoms with Gasteiger partial charge in [0.05, 0.1) is 6.10 Å². The van der Waals surface area contributed by atoms with Gasteiger partial charge in [0.15, 0.2) is 0 Å². The van der Waals surface area contributed by atoms with Gasteiger partial charge in [-0.25, -0.2) is 9.67 Å². The summed E-state index contributed by atoms with van der Waals surface area (Å²) in [6.45, 7) is 4.10. The highest BCUT2D eigenvalue weighted by Crippen LogP contribution is 2.10. The summed E-state index contributed by atoms with van der Waals surface area (Å²) in [5, 5.41) is 14.2. The normalized spacial score (nSPS) is 12.9. The van der Waals surface area contributed by atoms with E-state index in [0.717, 1.165) is 11.4 Å². The molecule has 5 heteroatoms. The van der Waals surface area contributed by atoms with Crippen LogP contribution < -0.4 is 0 Å². The first-order valence-electron chi connectivity index (χ1n) is 6.12. The Labute approximate surface area is 107 Å². The maximum atomic E-state index is 10.1. The van der Waals surface area contributed by atoms with E-state index in [1.165, 1.54) is 6.33 Å². The zero-order chi connectivity index (χ0) is 13.0. The number of aliphatic hydroxyl groups is 1. The Bertz CT molecular complexity index is 481. The Balaban J connectivity index is 1.99. The fourth-order valence-corrected chi connectivity index (χ4v) is 1.93. The maximum Gasteiger partial charge on any atom is 0.138 e. The fraction of sp³-hybridized carbons (Fsp3) is 0.462. The molecule has 2 heterocycles. The molecule has 0 saturated carbocycles. The smallest absolute Gasteiger partial charge is 0.138 e. The first kappa shape index (κ1) is 12.7. The Morgan fingerprint density at radius 2 is 1.94 bits per heavy atom. The van der Waals surface area contributed by atoms with Gasteiger partial charge in [-0.3, -0.25) is 4.98 Å². The second-order valence-corrected chi connectivity index (χ2v) is 4.63. The van der Waals surface area contributed by atoms with Gasteiger partial charge in [-0.05, 0) is 38.0 Å². The van der Waals surface area contributed by atoms with E-state index in [4.69, 9.17) is 0 Å². The second-order valence-electron chi connectivity index (χ2n) is 4.63. The highest BCUT2D eigenvalue weighted by Gasteiger charge is 2.13. The van der Waals surface area contributed by atoms with Crippen molar-refractivity contribution in [3.8, 4) is 0 Å². The first-order chi connectivity index (χ1) is 8.66. The largest absolute Gasteiger partial charge is 0.392 e. The van der Waals surface area contributed by atoms with E-state index in [9.17, 15) is 5.11 Å². The van der Waals surface area contributed by atoms with Crippen molar-refractivity contribution < 1.29 is 5.11 Å². The lowest BCUT2D eigenvalue weighted by molar-refractivity contribution is 0.170. The van der Waals surface area contributed by atoms with Gasteiger partial charge in [0.2, 0.25) is 0 Å². The molecule has 18 heavy (non-hydrogen) atoms. The highest BCUT2D eigenvalue weighted by molar-refractivity contribution is 5.11. The SMILES string of the molecule is CC(C)n1ncnc1CC(O)Cc1ccncc1. The molecule has 2 aromatic heterocycles. The molecule has 1 N–H and O–H groups in total. The van der Waals surface area contributed by atoms with Gasteiger partial charge in [0.1, 0.15) is 12.2 Å². The van der Waals surface area contributed by atoms with Crippen LogP contribution in [0.5, 0.6) is 0 Å². The lowest BCUT2D eigenvalue weighted by Crippen LogP contribution is -2.18. The summed E-state index contributed by atoms with van der Waals surface area (Å²) in [7, 11) is 0. The topological polar surface area (TPSA) is 63.8 Å². The number of hydrogen-bond donors (Lipinski definition) is 1. The van der Waals surface area contributed by atoms with Gasteiger partial charge in [-0.1, -0.05) is 0 Å². The molecule has 5 nitrogen and oxygen atoms in total. The predicted molar refractivity (Wildman–Crippen MR) is 68.1 cm³/mol. The van der Waals surface area contributed by atoms with Crippen molar-refractivity contribution in [2.75, 3.05) is 0 Å². The molecule has 2 rings (SSSR count). The van der Waals surface area contributed by atoms with Crippen LogP contribution >= 0.6 is 0 Å². The number of hydrogen-bond acceptors (Lipinski definition) is 4. The number of rotatable bonds is 5. The third kappa shape index (κ3) is 3.13. The molecule has 0 aliphatic rings. The van der Waals surface area contributed by atoms with Crippen LogP contribution in [0.3, 0.4) is 0 Å². The summed E-state index contributed by atoms with van der Waals surface area (Å²) in [6.07, 6.45) is 5.67. The van der Waals surface area contributed by atoms with Crippen LogP contribution in [0.4, 0.5) is 0 Å². The monoisotopic (exact) mass is 246 g/mol. The number of aromatic nitrogens is 4. The van der Waals surface area contributed by atoms with Gasteiger partial charge >= 0.3 is 0 Å². The molecular weight excluding hydrogens is 228 g/mol. The molecular formula is C13H18N4O. The van der Waals surface area contributed by atoms with Crippen LogP contribution in [0.1, 0.15) is 31.3 Å². The van der Waals surface area contributed by atoms with Crippen LogP contribution in [0.25, 0.3) is 0 Å². The van der Waals surface area contributed by atoms with Crippen LogP contribution in [-0.4, -0.2) is 31.0 Å². The van der Waals surface area contributed by atoms with Gasteiger partial charge in [0.25, 0.3) is 0 Å². The van der Waals surface area contributed by atoms with E-state index in [1.54, 1.807) is 12.4 Å². The summed E-state index contributed by atoms with van der Waals surface area (Å²) in [6, 6.07) is 4.09. The molecule has 0 bridgehead atoms. The molecule has 0 aliphatic carbocycles. The minimum Gasteiger partial charge on any atom is -0.392 e. The summed E-state index contributed by atoms with van der Waals surface area (Å²) in [5.74, 6) is 0.826.